The number of unbranched alkanes of at least 4 members (excludes halogenated alkanes) is 7. The Morgan fingerprint density at radius 2 is 1.32 bits per heavy atom. The molecule has 0 saturated heterocycles. The average molecular weight is 523 g/mol. The van der Waals surface area contributed by atoms with E-state index in [0.29, 0.717) is 18.0 Å². The van der Waals surface area contributed by atoms with Gasteiger partial charge < -0.3 is 24.4 Å². The summed E-state index contributed by atoms with van der Waals surface area (Å²) in [6.45, 7) is 0.620. The van der Waals surface area contributed by atoms with E-state index in [-0.39, 0.29) is 18.7 Å². The number of aliphatic carboxylic acids is 1. The first-order chi connectivity index (χ1) is 18.5. The number of nitrogens with one attached hydrogen (secondary N) is 1. The Morgan fingerprint density at radius 1 is 0.789 bits per heavy atom. The van der Waals surface area contributed by atoms with Gasteiger partial charge in [-0.3, -0.25) is 9.59 Å². The highest BCUT2D eigenvalue weighted by Crippen LogP contribution is 2.36. The zero-order chi connectivity index (χ0) is 27.2. The maximum absolute atomic E-state index is 12.7. The number of benzene rings is 2. The third-order valence-corrected chi connectivity index (χ3v) is 6.47. The minimum absolute atomic E-state index is 0.0981. The molecule has 38 heavy (non-hydrogen) atoms. The molecule has 1 heterocycles. The van der Waals surface area contributed by atoms with Gasteiger partial charge in [-0.1, -0.05) is 55.8 Å². The fourth-order valence-electron chi connectivity index (χ4n) is 4.34. The Hall–Kier alpha value is -3.81. The molecule has 3 aromatic rings. The molecule has 8 heteroatoms. The zero-order valence-corrected chi connectivity index (χ0v) is 22.3. The lowest BCUT2D eigenvalue weighted by atomic mass is 9.98. The molecule has 0 aliphatic rings. The summed E-state index contributed by atoms with van der Waals surface area (Å²) in [5.41, 5.74) is 3.22. The van der Waals surface area contributed by atoms with Gasteiger partial charge in [-0.15, -0.1) is 0 Å². The van der Waals surface area contributed by atoms with Crippen molar-refractivity contribution in [3.63, 3.8) is 0 Å². The van der Waals surface area contributed by atoms with Crippen molar-refractivity contribution in [2.24, 2.45) is 0 Å². The lowest BCUT2D eigenvalue weighted by molar-refractivity contribution is -0.137. The third-order valence-electron chi connectivity index (χ3n) is 6.47. The van der Waals surface area contributed by atoms with E-state index in [9.17, 15) is 9.59 Å². The molecule has 0 unspecified atom stereocenters. The summed E-state index contributed by atoms with van der Waals surface area (Å²) in [5, 5.41) is 16.0. The number of ether oxygens (including phenoxy) is 2. The summed E-state index contributed by atoms with van der Waals surface area (Å²) < 4.78 is 16.3. The number of carbonyl (C=O) groups is 2. The van der Waals surface area contributed by atoms with Crippen molar-refractivity contribution in [3.8, 4) is 33.9 Å². The molecule has 2 aromatic carbocycles. The zero-order valence-electron chi connectivity index (χ0n) is 22.3. The molecule has 1 aromatic heterocycles. The van der Waals surface area contributed by atoms with Crippen molar-refractivity contribution in [2.45, 2.75) is 64.2 Å². The first kappa shape index (κ1) is 28.8. The first-order valence-electron chi connectivity index (χ1n) is 13.3. The molecular formula is C30H38N2O6. The van der Waals surface area contributed by atoms with Crippen LogP contribution < -0.4 is 14.8 Å². The lowest BCUT2D eigenvalue weighted by Crippen LogP contribution is -2.26. The van der Waals surface area contributed by atoms with Gasteiger partial charge in [-0.05, 0) is 54.8 Å². The van der Waals surface area contributed by atoms with Crippen molar-refractivity contribution >= 4 is 11.9 Å². The highest BCUT2D eigenvalue weighted by atomic mass is 16.5. The first-order valence-corrected chi connectivity index (χ1v) is 13.3. The molecule has 0 bridgehead atoms. The summed E-state index contributed by atoms with van der Waals surface area (Å²) in [6, 6.07) is 15.2. The van der Waals surface area contributed by atoms with Crippen molar-refractivity contribution in [3.05, 3.63) is 54.3 Å². The van der Waals surface area contributed by atoms with Crippen LogP contribution >= 0.6 is 0 Å². The molecule has 0 spiro atoms. The maximum atomic E-state index is 12.7. The molecule has 0 aliphatic carbocycles. The van der Waals surface area contributed by atoms with Crippen LogP contribution in [-0.2, 0) is 16.0 Å². The summed E-state index contributed by atoms with van der Waals surface area (Å²) >= 11 is 0. The number of aromatic nitrogens is 1. The molecule has 2 N–H and O–H groups in total. The van der Waals surface area contributed by atoms with Crippen LogP contribution in [0.2, 0.25) is 0 Å². The molecule has 0 fully saturated rings. The monoisotopic (exact) mass is 522 g/mol. The van der Waals surface area contributed by atoms with Crippen LogP contribution in [0.25, 0.3) is 22.4 Å². The minimum atomic E-state index is -0.718. The van der Waals surface area contributed by atoms with E-state index in [2.05, 4.69) is 10.5 Å². The van der Waals surface area contributed by atoms with Crippen molar-refractivity contribution in [1.29, 1.82) is 0 Å². The van der Waals surface area contributed by atoms with Crippen molar-refractivity contribution < 1.29 is 28.7 Å². The summed E-state index contributed by atoms with van der Waals surface area (Å²) in [5.74, 6) is 1.19. The topological polar surface area (TPSA) is 111 Å². The Balaban J connectivity index is 1.52. The standard InChI is InChI=1S/C30H38N2O6/c1-36-24-16-12-22(13-17-24)29-26(38-32-30(29)23-14-18-25(37-2)19-15-23)21-27(33)31-20-10-8-6-4-3-5-7-9-11-28(34)35/h12-19H,3-11,20-21H2,1-2H3,(H,31,33)(H,34,35). The highest BCUT2D eigenvalue weighted by Gasteiger charge is 2.21. The number of amides is 1. The summed E-state index contributed by atoms with van der Waals surface area (Å²) in [7, 11) is 3.25. The van der Waals surface area contributed by atoms with E-state index in [1.165, 1.54) is 0 Å². The van der Waals surface area contributed by atoms with Gasteiger partial charge in [-0.25, -0.2) is 0 Å². The number of nitrogens with zero attached hydrogens (tertiary/aromatic N) is 1. The van der Waals surface area contributed by atoms with E-state index >= 15 is 0 Å². The van der Waals surface area contributed by atoms with Crippen LogP contribution in [0.4, 0.5) is 0 Å². The molecule has 0 saturated carbocycles. The second-order valence-corrected chi connectivity index (χ2v) is 9.29. The van der Waals surface area contributed by atoms with E-state index < -0.39 is 5.97 Å². The van der Waals surface area contributed by atoms with Gasteiger partial charge in [0.1, 0.15) is 17.2 Å². The number of carboxylic acids is 1. The van der Waals surface area contributed by atoms with Gasteiger partial charge in [0.05, 0.1) is 26.2 Å². The maximum Gasteiger partial charge on any atom is 0.303 e. The van der Waals surface area contributed by atoms with Gasteiger partial charge in [0.15, 0.2) is 5.76 Å². The SMILES string of the molecule is COc1ccc(-c2noc(CC(=O)NCCCCCCCCCCC(=O)O)c2-c2ccc(OC)cc2)cc1. The summed E-state index contributed by atoms with van der Waals surface area (Å²) in [4.78, 5) is 23.3. The molecule has 1 amide bonds. The number of rotatable bonds is 17. The van der Waals surface area contributed by atoms with Crippen LogP contribution in [0.1, 0.15) is 63.5 Å². The molecule has 204 valence electrons. The minimum Gasteiger partial charge on any atom is -0.497 e. The van der Waals surface area contributed by atoms with E-state index in [4.69, 9.17) is 19.1 Å². The molecule has 0 aliphatic heterocycles. The Morgan fingerprint density at radius 3 is 1.87 bits per heavy atom. The molecule has 0 atom stereocenters. The van der Waals surface area contributed by atoms with Gasteiger partial charge in [0.25, 0.3) is 0 Å². The third kappa shape index (κ3) is 8.94. The smallest absolute Gasteiger partial charge is 0.303 e. The normalized spacial score (nSPS) is 10.8. The predicted molar refractivity (Wildman–Crippen MR) is 146 cm³/mol. The van der Waals surface area contributed by atoms with Gasteiger partial charge in [0.2, 0.25) is 5.91 Å². The van der Waals surface area contributed by atoms with Crippen molar-refractivity contribution in [2.75, 3.05) is 20.8 Å². The van der Waals surface area contributed by atoms with E-state index in [1.54, 1.807) is 14.2 Å². The van der Waals surface area contributed by atoms with E-state index in [0.717, 1.165) is 79.6 Å². The van der Waals surface area contributed by atoms with Crippen LogP contribution in [0.15, 0.2) is 53.1 Å². The second-order valence-electron chi connectivity index (χ2n) is 9.29. The van der Waals surface area contributed by atoms with Crippen LogP contribution in [0.5, 0.6) is 11.5 Å². The predicted octanol–water partition coefficient (Wildman–Crippen LogP) is 6.28. The van der Waals surface area contributed by atoms with Gasteiger partial charge in [0, 0.05) is 18.5 Å². The number of carbonyl (C=O) groups excluding carboxylic acids is 1. The Kier molecular flexibility index (Phi) is 11.7. The van der Waals surface area contributed by atoms with Crippen LogP contribution in [-0.4, -0.2) is 42.9 Å². The highest BCUT2D eigenvalue weighted by molar-refractivity contribution is 5.86. The van der Waals surface area contributed by atoms with Crippen LogP contribution in [0.3, 0.4) is 0 Å². The van der Waals surface area contributed by atoms with Crippen molar-refractivity contribution in [1.82, 2.24) is 10.5 Å². The summed E-state index contributed by atoms with van der Waals surface area (Å²) in [6.07, 6.45) is 8.52. The average Bonchev–Trinajstić information content (AvgIpc) is 3.34. The lowest BCUT2D eigenvalue weighted by Gasteiger charge is -2.08. The number of carboxylic acid groups (broad SMARTS) is 1. The Labute approximate surface area is 224 Å². The quantitative estimate of drug-likeness (QED) is 0.201. The fourth-order valence-corrected chi connectivity index (χ4v) is 4.34. The van der Waals surface area contributed by atoms with Gasteiger partial charge in [-0.2, -0.15) is 0 Å². The Bertz CT molecular complexity index is 1140. The molecule has 8 nitrogen and oxygen atoms in total. The van der Waals surface area contributed by atoms with E-state index in [1.807, 2.05) is 48.5 Å². The number of hydrogen-bond donors (Lipinski definition) is 2. The molecule has 3 rings (SSSR count). The number of methoxy groups -OCH3 is 2. The number of hydrogen-bond acceptors (Lipinski definition) is 6. The van der Waals surface area contributed by atoms with Crippen LogP contribution in [0, 0.1) is 0 Å². The fraction of sp³-hybridized carbons (Fsp3) is 0.433. The second kappa shape index (κ2) is 15.4. The largest absolute Gasteiger partial charge is 0.497 e. The molecule has 0 radical (unpaired) electrons. The van der Waals surface area contributed by atoms with Gasteiger partial charge >= 0.3 is 5.97 Å². The molecular weight excluding hydrogens is 484 g/mol.